The molecule has 0 unspecified atom stereocenters. The second kappa shape index (κ2) is 6.33. The van der Waals surface area contributed by atoms with E-state index in [-0.39, 0.29) is 0 Å². The number of carbonyl (C=O) groups excluding carboxylic acids is 1. The third kappa shape index (κ3) is 3.37. The predicted octanol–water partition coefficient (Wildman–Crippen LogP) is 4.86. The monoisotopic (exact) mass is 371 g/mol. The summed E-state index contributed by atoms with van der Waals surface area (Å²) in [5, 5.41) is 4.48. The summed E-state index contributed by atoms with van der Waals surface area (Å²) in [6.45, 7) is 0. The predicted molar refractivity (Wildman–Crippen MR) is 94.2 cm³/mol. The highest BCUT2D eigenvalue weighted by Gasteiger charge is 2.32. The summed E-state index contributed by atoms with van der Waals surface area (Å²) in [5.41, 5.74) is 3.60. The van der Waals surface area contributed by atoms with Crippen molar-refractivity contribution < 1.29 is 18.0 Å². The van der Waals surface area contributed by atoms with Crippen LogP contribution in [0.3, 0.4) is 0 Å². The number of aromatic nitrogens is 3. The van der Waals surface area contributed by atoms with E-state index in [4.69, 9.17) is 0 Å². The maximum Gasteiger partial charge on any atom is 0.433 e. The number of carbonyl (C=O) groups is 1. The van der Waals surface area contributed by atoms with Gasteiger partial charge in [0.1, 0.15) is 12.0 Å². The average molecular weight is 371 g/mol. The summed E-state index contributed by atoms with van der Waals surface area (Å²) in [4.78, 5) is 14.8. The Hall–Kier alpha value is -2.96. The molecule has 1 aliphatic rings. The molecule has 3 aromatic rings. The third-order valence-electron chi connectivity index (χ3n) is 4.76. The van der Waals surface area contributed by atoms with E-state index < -0.39 is 11.9 Å². The number of hydrogen-bond acceptors (Lipinski definition) is 3. The molecule has 1 aliphatic carbocycles. The van der Waals surface area contributed by atoms with Crippen LogP contribution < -0.4 is 0 Å². The van der Waals surface area contributed by atoms with Crippen LogP contribution in [-0.4, -0.2) is 21.1 Å². The molecule has 0 aliphatic heterocycles. The van der Waals surface area contributed by atoms with Crippen molar-refractivity contribution in [2.24, 2.45) is 7.05 Å². The van der Waals surface area contributed by atoms with Crippen molar-refractivity contribution in [2.75, 3.05) is 0 Å². The number of rotatable bonds is 4. The van der Waals surface area contributed by atoms with Crippen LogP contribution in [-0.2, 0) is 13.2 Å². The lowest BCUT2D eigenvalue weighted by atomic mass is 9.99. The number of pyridine rings is 1. The van der Waals surface area contributed by atoms with Gasteiger partial charge in [0.25, 0.3) is 0 Å². The van der Waals surface area contributed by atoms with E-state index in [1.807, 2.05) is 18.2 Å². The van der Waals surface area contributed by atoms with Crippen molar-refractivity contribution in [1.29, 1.82) is 0 Å². The molecule has 0 amide bonds. The van der Waals surface area contributed by atoms with Crippen LogP contribution in [0.5, 0.6) is 0 Å². The minimum Gasteiger partial charge on any atom is -0.298 e. The summed E-state index contributed by atoms with van der Waals surface area (Å²) in [5.74, 6) is 0.424. The minimum absolute atomic E-state index is 0.424. The lowest BCUT2D eigenvalue weighted by Crippen LogP contribution is -2.07. The van der Waals surface area contributed by atoms with Crippen molar-refractivity contribution in [1.82, 2.24) is 14.8 Å². The van der Waals surface area contributed by atoms with Crippen LogP contribution >= 0.6 is 0 Å². The van der Waals surface area contributed by atoms with Gasteiger partial charge in [0, 0.05) is 29.9 Å². The molecule has 0 N–H and O–H groups in total. The minimum atomic E-state index is -4.46. The third-order valence-corrected chi connectivity index (χ3v) is 4.76. The Kier molecular flexibility index (Phi) is 4.09. The highest BCUT2D eigenvalue weighted by Crippen LogP contribution is 2.42. The van der Waals surface area contributed by atoms with Gasteiger partial charge in [-0.1, -0.05) is 12.1 Å². The van der Waals surface area contributed by atoms with E-state index in [9.17, 15) is 18.0 Å². The second-order valence-electron chi connectivity index (χ2n) is 6.70. The van der Waals surface area contributed by atoms with Gasteiger partial charge in [-0.25, -0.2) is 0 Å². The number of aldehydes is 1. The van der Waals surface area contributed by atoms with Gasteiger partial charge in [-0.15, -0.1) is 0 Å². The number of nitrogens with zero attached hydrogens (tertiary/aromatic N) is 3. The van der Waals surface area contributed by atoms with E-state index in [1.165, 1.54) is 12.3 Å². The van der Waals surface area contributed by atoms with Gasteiger partial charge in [0.2, 0.25) is 0 Å². The molecule has 2 aromatic heterocycles. The molecule has 27 heavy (non-hydrogen) atoms. The Bertz CT molecular complexity index is 1000. The maximum absolute atomic E-state index is 12.7. The highest BCUT2D eigenvalue weighted by molar-refractivity contribution is 5.80. The van der Waals surface area contributed by atoms with Crippen molar-refractivity contribution in [3.05, 3.63) is 59.4 Å². The first-order chi connectivity index (χ1) is 12.9. The molecule has 0 radical (unpaired) electrons. The molecule has 1 saturated carbocycles. The van der Waals surface area contributed by atoms with Crippen LogP contribution in [0.4, 0.5) is 13.2 Å². The van der Waals surface area contributed by atoms with E-state index in [0.29, 0.717) is 28.4 Å². The van der Waals surface area contributed by atoms with Gasteiger partial charge in [-0.05, 0) is 48.6 Å². The summed E-state index contributed by atoms with van der Waals surface area (Å²) in [6.07, 6.45) is -0.233. The Labute approximate surface area is 153 Å². The van der Waals surface area contributed by atoms with Gasteiger partial charge in [0.05, 0.1) is 11.4 Å². The fourth-order valence-corrected chi connectivity index (χ4v) is 3.18. The molecule has 4 rings (SSSR count). The number of hydrogen-bond donors (Lipinski definition) is 0. The Morgan fingerprint density at radius 3 is 2.44 bits per heavy atom. The molecule has 0 atom stereocenters. The lowest BCUT2D eigenvalue weighted by molar-refractivity contribution is -0.141. The molecular weight excluding hydrogens is 355 g/mol. The summed E-state index contributed by atoms with van der Waals surface area (Å²) < 4.78 is 39.7. The number of benzene rings is 1. The van der Waals surface area contributed by atoms with Gasteiger partial charge in [0.15, 0.2) is 0 Å². The molecule has 1 aromatic carbocycles. The molecule has 0 spiro atoms. The Balaban J connectivity index is 1.69. The van der Waals surface area contributed by atoms with Gasteiger partial charge >= 0.3 is 6.18 Å². The standard InChI is InChI=1S/C20H16F3N3O/c1-26-18(14-6-7-19(24-10-14)20(21,22)23)9-17(25-26)13-4-5-15(11-27)16(8-13)12-2-3-12/h4-12H,2-3H2,1H3. The molecule has 138 valence electrons. The van der Waals surface area contributed by atoms with Gasteiger partial charge < -0.3 is 0 Å². The van der Waals surface area contributed by atoms with Crippen molar-refractivity contribution in [2.45, 2.75) is 24.9 Å². The highest BCUT2D eigenvalue weighted by atomic mass is 19.4. The van der Waals surface area contributed by atoms with Gasteiger partial charge in [-0.2, -0.15) is 18.3 Å². The van der Waals surface area contributed by atoms with Crippen LogP contribution in [0.15, 0.2) is 42.6 Å². The fourth-order valence-electron chi connectivity index (χ4n) is 3.18. The molecule has 7 heteroatoms. The molecule has 0 saturated heterocycles. The topological polar surface area (TPSA) is 47.8 Å². The number of alkyl halides is 3. The van der Waals surface area contributed by atoms with Crippen molar-refractivity contribution >= 4 is 6.29 Å². The van der Waals surface area contributed by atoms with E-state index in [2.05, 4.69) is 10.1 Å². The molecular formula is C20H16F3N3O. The number of halogens is 3. The summed E-state index contributed by atoms with van der Waals surface area (Å²) in [7, 11) is 1.73. The average Bonchev–Trinajstić information content (AvgIpc) is 3.42. The van der Waals surface area contributed by atoms with E-state index in [0.717, 1.165) is 36.3 Å². The zero-order valence-corrected chi connectivity index (χ0v) is 14.5. The van der Waals surface area contributed by atoms with E-state index >= 15 is 0 Å². The fraction of sp³-hybridized carbons (Fsp3) is 0.250. The zero-order chi connectivity index (χ0) is 19.2. The summed E-state index contributed by atoms with van der Waals surface area (Å²) >= 11 is 0. The van der Waals surface area contributed by atoms with Crippen molar-refractivity contribution in [3.63, 3.8) is 0 Å². The first kappa shape index (κ1) is 17.5. The molecule has 1 fully saturated rings. The summed E-state index contributed by atoms with van der Waals surface area (Å²) in [6, 6.07) is 9.79. The largest absolute Gasteiger partial charge is 0.433 e. The van der Waals surface area contributed by atoms with Crippen LogP contribution in [0.2, 0.25) is 0 Å². The molecule has 4 nitrogen and oxygen atoms in total. The second-order valence-corrected chi connectivity index (χ2v) is 6.70. The van der Waals surface area contributed by atoms with Gasteiger partial charge in [-0.3, -0.25) is 14.5 Å². The Morgan fingerprint density at radius 2 is 1.85 bits per heavy atom. The quantitative estimate of drug-likeness (QED) is 0.616. The molecule has 0 bridgehead atoms. The van der Waals surface area contributed by atoms with Crippen LogP contribution in [0.25, 0.3) is 22.5 Å². The normalized spacial score (nSPS) is 14.4. The first-order valence-corrected chi connectivity index (χ1v) is 8.54. The Morgan fingerprint density at radius 1 is 1.11 bits per heavy atom. The van der Waals surface area contributed by atoms with Crippen LogP contribution in [0.1, 0.15) is 40.4 Å². The zero-order valence-electron chi connectivity index (χ0n) is 14.5. The number of aryl methyl sites for hydroxylation is 1. The lowest BCUT2D eigenvalue weighted by Gasteiger charge is -2.06. The van der Waals surface area contributed by atoms with Crippen molar-refractivity contribution in [3.8, 4) is 22.5 Å². The molecule has 2 heterocycles. The SMILES string of the molecule is Cn1nc(-c2ccc(C=O)c(C3CC3)c2)cc1-c1ccc(C(F)(F)F)nc1. The first-order valence-electron chi connectivity index (χ1n) is 8.54. The smallest absolute Gasteiger partial charge is 0.298 e. The maximum atomic E-state index is 12.7. The van der Waals surface area contributed by atoms with E-state index in [1.54, 1.807) is 17.8 Å². The van der Waals surface area contributed by atoms with Crippen LogP contribution in [0, 0.1) is 0 Å².